The number of thioether (sulfide) groups is 1. The molecule has 1 aliphatic heterocycles. The van der Waals surface area contributed by atoms with E-state index in [1.807, 2.05) is 74.5 Å². The number of amides is 1. The summed E-state index contributed by atoms with van der Waals surface area (Å²) < 4.78 is 17.4. The molecule has 0 unspecified atom stereocenters. The molecule has 1 aliphatic rings. The first kappa shape index (κ1) is 28.0. The van der Waals surface area contributed by atoms with E-state index in [9.17, 15) is 4.79 Å². The third kappa shape index (κ3) is 7.32. The summed E-state index contributed by atoms with van der Waals surface area (Å²) >= 11 is 13.6. The van der Waals surface area contributed by atoms with Gasteiger partial charge in [-0.2, -0.15) is 0 Å². The van der Waals surface area contributed by atoms with Crippen molar-refractivity contribution in [3.63, 3.8) is 0 Å². The SMILES string of the molecule is CCOCCN1C(=O)/C(=C/c2ccc(OCc3ccc(Cl)cc3Cl)c(OCC)c2)SC1=Nc1ccccc1. The second-order valence-electron chi connectivity index (χ2n) is 8.16. The maximum absolute atomic E-state index is 13.3. The highest BCUT2D eigenvalue weighted by Gasteiger charge is 2.33. The van der Waals surface area contributed by atoms with Crippen molar-refractivity contribution in [1.29, 1.82) is 0 Å². The monoisotopic (exact) mass is 570 g/mol. The molecule has 0 N–H and O–H groups in total. The van der Waals surface area contributed by atoms with Gasteiger partial charge in [0.05, 0.1) is 30.4 Å². The van der Waals surface area contributed by atoms with Crippen molar-refractivity contribution in [1.82, 2.24) is 4.90 Å². The number of hydrogen-bond donors (Lipinski definition) is 0. The summed E-state index contributed by atoms with van der Waals surface area (Å²) in [5.74, 6) is 1.05. The number of nitrogens with zero attached hydrogens (tertiary/aromatic N) is 2. The minimum Gasteiger partial charge on any atom is -0.490 e. The molecule has 0 spiro atoms. The number of hydrogen-bond acceptors (Lipinski definition) is 6. The normalized spacial score (nSPS) is 15.5. The van der Waals surface area contributed by atoms with E-state index in [0.29, 0.717) is 58.0 Å². The van der Waals surface area contributed by atoms with Gasteiger partial charge in [0.15, 0.2) is 16.7 Å². The maximum atomic E-state index is 13.3. The first-order valence-electron chi connectivity index (χ1n) is 12.2. The van der Waals surface area contributed by atoms with Crippen LogP contribution in [0.5, 0.6) is 11.5 Å². The fourth-order valence-corrected chi connectivity index (χ4v) is 5.14. The van der Waals surface area contributed by atoms with Crippen molar-refractivity contribution >= 4 is 57.8 Å². The Morgan fingerprint density at radius 2 is 1.76 bits per heavy atom. The Labute approximate surface area is 237 Å². The number of benzene rings is 3. The highest BCUT2D eigenvalue weighted by atomic mass is 35.5. The number of halogens is 2. The maximum Gasteiger partial charge on any atom is 0.266 e. The van der Waals surface area contributed by atoms with Gasteiger partial charge in [-0.3, -0.25) is 9.69 Å². The molecular weight excluding hydrogens is 543 g/mol. The minimum atomic E-state index is -0.111. The van der Waals surface area contributed by atoms with Crippen LogP contribution in [-0.4, -0.2) is 42.3 Å². The molecule has 0 aliphatic carbocycles. The molecule has 1 heterocycles. The first-order chi connectivity index (χ1) is 18.5. The lowest BCUT2D eigenvalue weighted by atomic mass is 10.1. The molecule has 1 amide bonds. The van der Waals surface area contributed by atoms with Gasteiger partial charge in [0, 0.05) is 22.2 Å². The average Bonchev–Trinajstić information content (AvgIpc) is 3.19. The van der Waals surface area contributed by atoms with Crippen molar-refractivity contribution in [2.45, 2.75) is 20.5 Å². The Bertz CT molecular complexity index is 1330. The Hall–Kier alpha value is -2.97. The average molecular weight is 572 g/mol. The molecule has 6 nitrogen and oxygen atoms in total. The van der Waals surface area contributed by atoms with Crippen molar-refractivity contribution in [3.05, 3.63) is 92.8 Å². The predicted octanol–water partition coefficient (Wildman–Crippen LogP) is 7.61. The van der Waals surface area contributed by atoms with Crippen LogP contribution in [0.15, 0.2) is 76.6 Å². The molecule has 0 saturated carbocycles. The van der Waals surface area contributed by atoms with Gasteiger partial charge in [0.25, 0.3) is 5.91 Å². The van der Waals surface area contributed by atoms with Crippen LogP contribution < -0.4 is 9.47 Å². The molecule has 3 aromatic carbocycles. The van der Waals surface area contributed by atoms with Gasteiger partial charge >= 0.3 is 0 Å². The van der Waals surface area contributed by atoms with Crippen molar-refractivity contribution in [2.24, 2.45) is 4.99 Å². The lowest BCUT2D eigenvalue weighted by Gasteiger charge is -2.15. The summed E-state index contributed by atoms with van der Waals surface area (Å²) in [6.07, 6.45) is 1.84. The molecule has 9 heteroatoms. The Morgan fingerprint density at radius 3 is 2.50 bits per heavy atom. The van der Waals surface area contributed by atoms with Crippen LogP contribution in [0.25, 0.3) is 6.08 Å². The number of aliphatic imine (C=N–C) groups is 1. The number of para-hydroxylation sites is 1. The van der Waals surface area contributed by atoms with Crippen LogP contribution in [0.4, 0.5) is 5.69 Å². The third-order valence-corrected chi connectivity index (χ3v) is 7.09. The second-order valence-corrected chi connectivity index (χ2v) is 10.0. The summed E-state index contributed by atoms with van der Waals surface area (Å²) in [7, 11) is 0. The zero-order valence-corrected chi connectivity index (χ0v) is 23.5. The molecule has 0 radical (unpaired) electrons. The summed E-state index contributed by atoms with van der Waals surface area (Å²) in [5.41, 5.74) is 2.41. The molecule has 1 saturated heterocycles. The van der Waals surface area contributed by atoms with Gasteiger partial charge in [0.1, 0.15) is 6.61 Å². The number of carbonyl (C=O) groups is 1. The summed E-state index contributed by atoms with van der Waals surface area (Å²) in [5, 5.41) is 1.73. The summed E-state index contributed by atoms with van der Waals surface area (Å²) in [6, 6.07) is 20.5. The molecule has 198 valence electrons. The zero-order valence-electron chi connectivity index (χ0n) is 21.2. The fraction of sp³-hybridized carbons (Fsp3) is 0.241. The smallest absolute Gasteiger partial charge is 0.266 e. The Balaban J connectivity index is 1.57. The zero-order chi connectivity index (χ0) is 26.9. The van der Waals surface area contributed by atoms with Gasteiger partial charge < -0.3 is 14.2 Å². The Morgan fingerprint density at radius 1 is 0.947 bits per heavy atom. The fourth-order valence-electron chi connectivity index (χ4n) is 3.65. The van der Waals surface area contributed by atoms with E-state index in [2.05, 4.69) is 0 Å². The van der Waals surface area contributed by atoms with Gasteiger partial charge in [-0.1, -0.05) is 53.5 Å². The highest BCUT2D eigenvalue weighted by Crippen LogP contribution is 2.36. The largest absolute Gasteiger partial charge is 0.490 e. The highest BCUT2D eigenvalue weighted by molar-refractivity contribution is 8.18. The van der Waals surface area contributed by atoms with E-state index in [1.54, 1.807) is 17.0 Å². The molecule has 0 aromatic heterocycles. The van der Waals surface area contributed by atoms with Crippen LogP contribution in [-0.2, 0) is 16.1 Å². The van der Waals surface area contributed by atoms with E-state index in [1.165, 1.54) is 11.8 Å². The summed E-state index contributed by atoms with van der Waals surface area (Å²) in [6.45, 7) is 6.00. The Kier molecular flexibility index (Phi) is 10.1. The number of ether oxygens (including phenoxy) is 3. The van der Waals surface area contributed by atoms with Crippen molar-refractivity contribution < 1.29 is 19.0 Å². The van der Waals surface area contributed by atoms with Crippen LogP contribution >= 0.6 is 35.0 Å². The van der Waals surface area contributed by atoms with E-state index in [-0.39, 0.29) is 12.5 Å². The topological polar surface area (TPSA) is 60.4 Å². The summed E-state index contributed by atoms with van der Waals surface area (Å²) in [4.78, 5) is 20.3. The first-order valence-corrected chi connectivity index (χ1v) is 13.8. The molecule has 0 atom stereocenters. The molecule has 4 rings (SSSR count). The van der Waals surface area contributed by atoms with Crippen molar-refractivity contribution in [2.75, 3.05) is 26.4 Å². The van der Waals surface area contributed by atoms with Crippen LogP contribution in [0.3, 0.4) is 0 Å². The quantitative estimate of drug-likeness (QED) is 0.175. The van der Waals surface area contributed by atoms with Crippen molar-refractivity contribution in [3.8, 4) is 11.5 Å². The van der Waals surface area contributed by atoms with E-state index < -0.39 is 0 Å². The predicted molar refractivity (Wildman–Crippen MR) is 156 cm³/mol. The van der Waals surface area contributed by atoms with E-state index in [0.717, 1.165) is 16.8 Å². The molecular formula is C29H28Cl2N2O4S. The molecule has 38 heavy (non-hydrogen) atoms. The molecule has 3 aromatic rings. The molecule has 1 fully saturated rings. The van der Waals surface area contributed by atoms with Crippen LogP contribution in [0, 0.1) is 0 Å². The number of amidine groups is 1. The third-order valence-electron chi connectivity index (χ3n) is 5.50. The standard InChI is InChI=1S/C29H28Cl2N2O4S/c1-3-35-15-14-33-28(34)27(38-29(33)32-23-8-6-5-7-9-23)17-20-10-13-25(26(16-20)36-4-2)37-19-21-11-12-22(30)18-24(21)31/h5-13,16-18H,3-4,14-15,19H2,1-2H3/b27-17-,32-29?. The number of carbonyl (C=O) groups excluding carboxylic acids is 1. The number of rotatable bonds is 11. The lowest BCUT2D eigenvalue weighted by molar-refractivity contribution is -0.122. The minimum absolute atomic E-state index is 0.111. The van der Waals surface area contributed by atoms with E-state index in [4.69, 9.17) is 42.4 Å². The van der Waals surface area contributed by atoms with Gasteiger partial charge in [-0.15, -0.1) is 0 Å². The van der Waals surface area contributed by atoms with Gasteiger partial charge in [-0.25, -0.2) is 4.99 Å². The van der Waals surface area contributed by atoms with Gasteiger partial charge in [0.2, 0.25) is 0 Å². The van der Waals surface area contributed by atoms with Crippen LogP contribution in [0.1, 0.15) is 25.0 Å². The van der Waals surface area contributed by atoms with Crippen LogP contribution in [0.2, 0.25) is 10.0 Å². The lowest BCUT2D eigenvalue weighted by Crippen LogP contribution is -2.32. The van der Waals surface area contributed by atoms with Gasteiger partial charge in [-0.05, 0) is 73.6 Å². The van der Waals surface area contributed by atoms with E-state index >= 15 is 0 Å². The molecule has 0 bridgehead atoms. The second kappa shape index (κ2) is 13.7.